The maximum Gasteiger partial charge on any atom is 0.103 e. The third-order valence-corrected chi connectivity index (χ3v) is 4.92. The van der Waals surface area contributed by atoms with Crippen LogP contribution in [-0.4, -0.2) is 19.3 Å². The van der Waals surface area contributed by atoms with Crippen LogP contribution in [0.3, 0.4) is 0 Å². The van der Waals surface area contributed by atoms with Crippen LogP contribution in [0.2, 0.25) is 0 Å². The molecule has 2 aromatic rings. The fourth-order valence-corrected chi connectivity index (χ4v) is 3.61. The lowest BCUT2D eigenvalue weighted by Gasteiger charge is -2.21. The molecule has 21 heavy (non-hydrogen) atoms. The first kappa shape index (κ1) is 14.0. The number of benzene rings is 2. The number of rotatable bonds is 3. The summed E-state index contributed by atoms with van der Waals surface area (Å²) in [7, 11) is 0. The van der Waals surface area contributed by atoms with Gasteiger partial charge in [0.2, 0.25) is 0 Å². The van der Waals surface area contributed by atoms with Crippen molar-refractivity contribution in [3.8, 4) is 6.07 Å². The Bertz CT molecular complexity index is 661. The van der Waals surface area contributed by atoms with Gasteiger partial charge < -0.3 is 4.90 Å². The van der Waals surface area contributed by atoms with Gasteiger partial charge in [-0.1, -0.05) is 36.4 Å². The molecule has 1 aliphatic heterocycles. The highest BCUT2D eigenvalue weighted by atomic mass is 32.2. The molecule has 0 saturated carbocycles. The number of hydrogen-bond acceptors (Lipinski definition) is 3. The van der Waals surface area contributed by atoms with Crippen LogP contribution in [0.5, 0.6) is 0 Å². The fourth-order valence-electron chi connectivity index (χ4n) is 3.04. The van der Waals surface area contributed by atoms with Crippen LogP contribution < -0.4 is 4.90 Å². The molecule has 1 aliphatic rings. The van der Waals surface area contributed by atoms with E-state index in [-0.39, 0.29) is 0 Å². The number of nitriles is 1. The topological polar surface area (TPSA) is 27.0 Å². The van der Waals surface area contributed by atoms with E-state index in [9.17, 15) is 5.26 Å². The van der Waals surface area contributed by atoms with Gasteiger partial charge in [-0.25, -0.2) is 0 Å². The van der Waals surface area contributed by atoms with E-state index in [1.54, 1.807) is 11.8 Å². The molecule has 1 atom stereocenters. The van der Waals surface area contributed by atoms with E-state index in [4.69, 9.17) is 0 Å². The van der Waals surface area contributed by atoms with Crippen molar-refractivity contribution in [1.82, 2.24) is 0 Å². The van der Waals surface area contributed by atoms with Crippen molar-refractivity contribution in [3.05, 3.63) is 59.7 Å². The zero-order chi connectivity index (χ0) is 14.7. The van der Waals surface area contributed by atoms with E-state index in [0.717, 1.165) is 35.7 Å². The van der Waals surface area contributed by atoms with E-state index in [2.05, 4.69) is 53.4 Å². The molecule has 3 rings (SSSR count). The molecule has 1 unspecified atom stereocenters. The van der Waals surface area contributed by atoms with Gasteiger partial charge in [0, 0.05) is 23.9 Å². The first-order valence-electron chi connectivity index (χ1n) is 7.20. The molecule has 0 N–H and O–H groups in total. The zero-order valence-corrected chi connectivity index (χ0v) is 12.9. The Kier molecular flexibility index (Phi) is 4.17. The molecule has 0 amide bonds. The molecule has 0 aromatic heterocycles. The quantitative estimate of drug-likeness (QED) is 0.791. The monoisotopic (exact) mass is 294 g/mol. The summed E-state index contributed by atoms with van der Waals surface area (Å²) < 4.78 is 0. The highest BCUT2D eigenvalue weighted by Gasteiger charge is 2.25. The molecular weight excluding hydrogens is 276 g/mol. The molecule has 3 heteroatoms. The van der Waals surface area contributed by atoms with Crippen LogP contribution >= 0.6 is 11.8 Å². The highest BCUT2D eigenvalue weighted by Crippen LogP contribution is 2.35. The lowest BCUT2D eigenvalue weighted by atomic mass is 9.99. The second-order valence-corrected chi connectivity index (χ2v) is 6.16. The van der Waals surface area contributed by atoms with Crippen molar-refractivity contribution >= 4 is 17.4 Å². The van der Waals surface area contributed by atoms with Crippen molar-refractivity contribution in [2.75, 3.05) is 24.2 Å². The van der Waals surface area contributed by atoms with Crippen LogP contribution in [0.15, 0.2) is 53.4 Å². The van der Waals surface area contributed by atoms with Gasteiger partial charge in [-0.05, 0) is 30.4 Å². The standard InChI is InChI=1S/C18H18N2S/c1-21-18-9-5-8-17(16(18)12-19)20-11-10-15(13-20)14-6-3-2-4-7-14/h2-9,15H,10-11,13H2,1H3. The SMILES string of the molecule is CSc1cccc(N2CCC(c3ccccc3)C2)c1C#N. The van der Waals surface area contributed by atoms with Gasteiger partial charge in [0.1, 0.15) is 6.07 Å². The molecular formula is C18H18N2S. The number of anilines is 1. The first-order chi connectivity index (χ1) is 10.3. The first-order valence-corrected chi connectivity index (χ1v) is 8.43. The van der Waals surface area contributed by atoms with Crippen LogP contribution in [0, 0.1) is 11.3 Å². The van der Waals surface area contributed by atoms with Gasteiger partial charge in [0.25, 0.3) is 0 Å². The van der Waals surface area contributed by atoms with E-state index < -0.39 is 0 Å². The van der Waals surface area contributed by atoms with E-state index in [1.807, 2.05) is 12.3 Å². The molecule has 1 saturated heterocycles. The predicted molar refractivity (Wildman–Crippen MR) is 89.0 cm³/mol. The summed E-state index contributed by atoms with van der Waals surface area (Å²) in [5.41, 5.74) is 3.31. The van der Waals surface area contributed by atoms with E-state index in [1.165, 1.54) is 5.56 Å². The van der Waals surface area contributed by atoms with Gasteiger partial charge in [0.15, 0.2) is 0 Å². The van der Waals surface area contributed by atoms with Crippen LogP contribution in [-0.2, 0) is 0 Å². The van der Waals surface area contributed by atoms with Crippen LogP contribution in [0.25, 0.3) is 0 Å². The Hall–Kier alpha value is -1.92. The highest BCUT2D eigenvalue weighted by molar-refractivity contribution is 7.98. The molecule has 0 aliphatic carbocycles. The summed E-state index contributed by atoms with van der Waals surface area (Å²) in [6, 6.07) is 19.2. The summed E-state index contributed by atoms with van der Waals surface area (Å²) in [6.45, 7) is 2.02. The predicted octanol–water partition coefficient (Wildman–Crippen LogP) is 4.27. The maximum absolute atomic E-state index is 9.48. The van der Waals surface area contributed by atoms with Crippen molar-refractivity contribution in [1.29, 1.82) is 5.26 Å². The molecule has 1 heterocycles. The van der Waals surface area contributed by atoms with Gasteiger partial charge in [-0.3, -0.25) is 0 Å². The lowest BCUT2D eigenvalue weighted by molar-refractivity contribution is 0.775. The number of thioether (sulfide) groups is 1. The smallest absolute Gasteiger partial charge is 0.103 e. The Balaban J connectivity index is 1.86. The third-order valence-electron chi connectivity index (χ3n) is 4.14. The average Bonchev–Trinajstić information content (AvgIpc) is 3.04. The van der Waals surface area contributed by atoms with Gasteiger partial charge in [-0.2, -0.15) is 5.26 Å². The molecule has 0 radical (unpaired) electrons. The van der Waals surface area contributed by atoms with Gasteiger partial charge >= 0.3 is 0 Å². The normalized spacial score (nSPS) is 17.7. The summed E-state index contributed by atoms with van der Waals surface area (Å²) >= 11 is 1.64. The van der Waals surface area contributed by atoms with Gasteiger partial charge in [0.05, 0.1) is 11.3 Å². The number of nitrogens with zero attached hydrogens (tertiary/aromatic N) is 2. The molecule has 106 valence electrons. The van der Waals surface area contributed by atoms with Crippen LogP contribution in [0.4, 0.5) is 5.69 Å². The minimum atomic E-state index is 0.565. The second kappa shape index (κ2) is 6.24. The second-order valence-electron chi connectivity index (χ2n) is 5.31. The molecule has 0 bridgehead atoms. The number of hydrogen-bond donors (Lipinski definition) is 0. The van der Waals surface area contributed by atoms with Crippen molar-refractivity contribution in [2.45, 2.75) is 17.2 Å². The van der Waals surface area contributed by atoms with Crippen LogP contribution in [0.1, 0.15) is 23.5 Å². The average molecular weight is 294 g/mol. The zero-order valence-electron chi connectivity index (χ0n) is 12.1. The van der Waals surface area contributed by atoms with Crippen molar-refractivity contribution < 1.29 is 0 Å². The lowest BCUT2D eigenvalue weighted by Crippen LogP contribution is -2.20. The molecule has 1 fully saturated rings. The molecule has 2 nitrogen and oxygen atoms in total. The summed E-state index contributed by atoms with van der Waals surface area (Å²) in [5, 5.41) is 9.48. The maximum atomic E-state index is 9.48. The minimum Gasteiger partial charge on any atom is -0.370 e. The Morgan fingerprint density at radius 1 is 1.14 bits per heavy atom. The van der Waals surface area contributed by atoms with Crippen molar-refractivity contribution in [3.63, 3.8) is 0 Å². The fraction of sp³-hybridized carbons (Fsp3) is 0.278. The summed E-state index contributed by atoms with van der Waals surface area (Å²) in [4.78, 5) is 3.42. The Labute approximate surface area is 130 Å². The third kappa shape index (κ3) is 2.77. The Morgan fingerprint density at radius 2 is 1.95 bits per heavy atom. The van der Waals surface area contributed by atoms with E-state index in [0.29, 0.717) is 5.92 Å². The summed E-state index contributed by atoms with van der Waals surface area (Å²) in [6.07, 6.45) is 3.18. The van der Waals surface area contributed by atoms with E-state index >= 15 is 0 Å². The largest absolute Gasteiger partial charge is 0.370 e. The Morgan fingerprint density at radius 3 is 2.67 bits per heavy atom. The van der Waals surface area contributed by atoms with Gasteiger partial charge in [-0.15, -0.1) is 11.8 Å². The molecule has 2 aromatic carbocycles. The molecule has 0 spiro atoms. The minimum absolute atomic E-state index is 0.565. The van der Waals surface area contributed by atoms with Crippen molar-refractivity contribution in [2.24, 2.45) is 0 Å². The summed E-state index contributed by atoms with van der Waals surface area (Å²) in [5.74, 6) is 0.565.